The molecule has 1 aromatic carbocycles. The highest BCUT2D eigenvalue weighted by Gasteiger charge is 2.12. The van der Waals surface area contributed by atoms with Crippen LogP contribution >= 0.6 is 35.0 Å². The Bertz CT molecular complexity index is 633. The predicted molar refractivity (Wildman–Crippen MR) is 72.4 cm³/mol. The van der Waals surface area contributed by atoms with Crippen LogP contribution in [0.4, 0.5) is 4.39 Å². The van der Waals surface area contributed by atoms with Crippen LogP contribution in [0.15, 0.2) is 23.5 Å². The summed E-state index contributed by atoms with van der Waals surface area (Å²) in [5.74, 6) is -1.65. The SMILES string of the molecule is O=C(O)CSc1ncc(-c2cc(F)c(Cl)cc2Cl)[nH]1. The number of aliphatic carboxylic acids is 1. The number of rotatable bonds is 4. The fraction of sp³-hybridized carbons (Fsp3) is 0.0909. The molecule has 0 aliphatic carbocycles. The summed E-state index contributed by atoms with van der Waals surface area (Å²) in [6.45, 7) is 0. The first-order valence-electron chi connectivity index (χ1n) is 5.02. The van der Waals surface area contributed by atoms with Crippen molar-refractivity contribution in [2.45, 2.75) is 5.16 Å². The van der Waals surface area contributed by atoms with Gasteiger partial charge in [0.05, 0.1) is 27.7 Å². The summed E-state index contributed by atoms with van der Waals surface area (Å²) in [5.41, 5.74) is 0.909. The second-order valence-corrected chi connectivity index (χ2v) is 5.31. The molecule has 0 atom stereocenters. The van der Waals surface area contributed by atoms with Crippen LogP contribution in [0.3, 0.4) is 0 Å². The number of hydrogen-bond donors (Lipinski definition) is 2. The number of carboxylic acids is 1. The molecular weight excluding hydrogens is 314 g/mol. The molecule has 0 aliphatic rings. The van der Waals surface area contributed by atoms with Gasteiger partial charge in [-0.25, -0.2) is 9.37 Å². The normalized spacial score (nSPS) is 10.7. The van der Waals surface area contributed by atoms with Gasteiger partial charge in [0, 0.05) is 5.56 Å². The van der Waals surface area contributed by atoms with E-state index in [0.717, 1.165) is 11.8 Å². The van der Waals surface area contributed by atoms with Crippen molar-refractivity contribution in [3.63, 3.8) is 0 Å². The van der Waals surface area contributed by atoms with Crippen LogP contribution in [0.5, 0.6) is 0 Å². The average Bonchev–Trinajstić information content (AvgIpc) is 2.80. The van der Waals surface area contributed by atoms with Gasteiger partial charge in [-0.2, -0.15) is 0 Å². The number of aromatic nitrogens is 2. The van der Waals surface area contributed by atoms with Gasteiger partial charge in [-0.15, -0.1) is 0 Å². The molecule has 2 rings (SSSR count). The zero-order valence-corrected chi connectivity index (χ0v) is 11.6. The monoisotopic (exact) mass is 320 g/mol. The molecule has 2 aromatic rings. The Labute approximate surface area is 121 Å². The van der Waals surface area contributed by atoms with E-state index in [-0.39, 0.29) is 15.8 Å². The van der Waals surface area contributed by atoms with Crippen molar-refractivity contribution in [2.24, 2.45) is 0 Å². The minimum atomic E-state index is -0.946. The molecule has 0 aliphatic heterocycles. The lowest BCUT2D eigenvalue weighted by atomic mass is 10.1. The highest BCUT2D eigenvalue weighted by molar-refractivity contribution is 7.99. The smallest absolute Gasteiger partial charge is 0.313 e. The Morgan fingerprint density at radius 2 is 2.16 bits per heavy atom. The zero-order valence-electron chi connectivity index (χ0n) is 9.28. The van der Waals surface area contributed by atoms with E-state index in [9.17, 15) is 9.18 Å². The van der Waals surface area contributed by atoms with Gasteiger partial charge in [0.25, 0.3) is 0 Å². The van der Waals surface area contributed by atoms with Gasteiger partial charge in [0.1, 0.15) is 5.82 Å². The molecule has 100 valence electrons. The van der Waals surface area contributed by atoms with Gasteiger partial charge in [-0.3, -0.25) is 4.79 Å². The molecule has 8 heteroatoms. The fourth-order valence-electron chi connectivity index (χ4n) is 1.37. The Kier molecular flexibility index (Phi) is 4.34. The van der Waals surface area contributed by atoms with E-state index in [1.807, 2.05) is 0 Å². The summed E-state index contributed by atoms with van der Waals surface area (Å²) in [6.07, 6.45) is 1.46. The Morgan fingerprint density at radius 1 is 1.42 bits per heavy atom. The molecule has 0 saturated heterocycles. The summed E-state index contributed by atoms with van der Waals surface area (Å²) in [7, 11) is 0. The molecule has 0 bridgehead atoms. The average molecular weight is 321 g/mol. The number of carboxylic acid groups (broad SMARTS) is 1. The topological polar surface area (TPSA) is 66.0 Å². The molecule has 0 unspecified atom stereocenters. The number of thioether (sulfide) groups is 1. The third-order valence-corrected chi connectivity index (χ3v) is 3.66. The first-order valence-corrected chi connectivity index (χ1v) is 6.76. The summed E-state index contributed by atoms with van der Waals surface area (Å²) >= 11 is 12.6. The summed E-state index contributed by atoms with van der Waals surface area (Å²) in [5, 5.41) is 9.20. The second-order valence-electron chi connectivity index (χ2n) is 3.53. The molecular formula is C11H7Cl2FN2O2S. The van der Waals surface area contributed by atoms with E-state index in [1.54, 1.807) is 0 Å². The predicted octanol–water partition coefficient (Wildman–Crippen LogP) is 3.70. The van der Waals surface area contributed by atoms with Crippen LogP contribution in [0.25, 0.3) is 11.3 Å². The van der Waals surface area contributed by atoms with Gasteiger partial charge in [0.2, 0.25) is 0 Å². The van der Waals surface area contributed by atoms with Crippen molar-refractivity contribution in [3.05, 3.63) is 34.2 Å². The van der Waals surface area contributed by atoms with Crippen LogP contribution in [-0.2, 0) is 4.79 Å². The summed E-state index contributed by atoms with van der Waals surface area (Å²) in [4.78, 5) is 17.3. The first kappa shape index (κ1) is 14.2. The Hall–Kier alpha value is -1.24. The van der Waals surface area contributed by atoms with E-state index in [1.165, 1.54) is 18.3 Å². The van der Waals surface area contributed by atoms with Crippen molar-refractivity contribution >= 4 is 40.9 Å². The number of H-pyrrole nitrogens is 1. The molecule has 0 radical (unpaired) electrons. The molecule has 19 heavy (non-hydrogen) atoms. The van der Waals surface area contributed by atoms with Crippen LogP contribution in [0.2, 0.25) is 10.0 Å². The maximum absolute atomic E-state index is 13.4. The number of halogens is 3. The highest BCUT2D eigenvalue weighted by Crippen LogP contribution is 2.32. The number of nitrogens with zero attached hydrogens (tertiary/aromatic N) is 1. The molecule has 0 amide bonds. The van der Waals surface area contributed by atoms with Crippen LogP contribution in [0, 0.1) is 5.82 Å². The minimum Gasteiger partial charge on any atom is -0.481 e. The minimum absolute atomic E-state index is 0.0614. The largest absolute Gasteiger partial charge is 0.481 e. The van der Waals surface area contributed by atoms with Gasteiger partial charge >= 0.3 is 5.97 Å². The lowest BCUT2D eigenvalue weighted by Crippen LogP contribution is -1.97. The highest BCUT2D eigenvalue weighted by atomic mass is 35.5. The second kappa shape index (κ2) is 5.81. The third-order valence-electron chi connectivity index (χ3n) is 2.19. The number of aromatic amines is 1. The number of benzene rings is 1. The fourth-order valence-corrected chi connectivity index (χ4v) is 2.43. The van der Waals surface area contributed by atoms with Gasteiger partial charge in [0.15, 0.2) is 5.16 Å². The molecule has 0 fully saturated rings. The summed E-state index contributed by atoms with van der Waals surface area (Å²) < 4.78 is 13.4. The van der Waals surface area contributed by atoms with Gasteiger partial charge < -0.3 is 10.1 Å². The van der Waals surface area contributed by atoms with E-state index in [0.29, 0.717) is 16.4 Å². The standard InChI is InChI=1S/C11H7Cl2FN2O2S/c12-6-2-7(13)8(14)1-5(6)9-3-15-11(16-9)19-4-10(17)18/h1-3H,4H2,(H,15,16)(H,17,18). The Balaban J connectivity index is 2.27. The van der Waals surface area contributed by atoms with Gasteiger partial charge in [-0.1, -0.05) is 35.0 Å². The van der Waals surface area contributed by atoms with Crippen LogP contribution < -0.4 is 0 Å². The maximum atomic E-state index is 13.4. The van der Waals surface area contributed by atoms with E-state index >= 15 is 0 Å². The molecule has 1 heterocycles. The molecule has 2 N–H and O–H groups in total. The van der Waals surface area contributed by atoms with E-state index in [4.69, 9.17) is 28.3 Å². The summed E-state index contributed by atoms with van der Waals surface area (Å²) in [6, 6.07) is 2.50. The Morgan fingerprint density at radius 3 is 2.84 bits per heavy atom. The van der Waals surface area contributed by atoms with Crippen molar-refractivity contribution < 1.29 is 14.3 Å². The van der Waals surface area contributed by atoms with Crippen LogP contribution in [-0.4, -0.2) is 26.8 Å². The van der Waals surface area contributed by atoms with E-state index < -0.39 is 11.8 Å². The molecule has 1 aromatic heterocycles. The number of carbonyl (C=O) groups is 1. The molecule has 0 spiro atoms. The van der Waals surface area contributed by atoms with Gasteiger partial charge in [-0.05, 0) is 12.1 Å². The maximum Gasteiger partial charge on any atom is 0.313 e. The van der Waals surface area contributed by atoms with E-state index in [2.05, 4.69) is 9.97 Å². The quantitative estimate of drug-likeness (QED) is 0.666. The van der Waals surface area contributed by atoms with Crippen molar-refractivity contribution in [1.82, 2.24) is 9.97 Å². The van der Waals surface area contributed by atoms with Crippen molar-refractivity contribution in [2.75, 3.05) is 5.75 Å². The van der Waals surface area contributed by atoms with Crippen molar-refractivity contribution in [3.8, 4) is 11.3 Å². The number of nitrogens with one attached hydrogen (secondary N) is 1. The zero-order chi connectivity index (χ0) is 14.0. The first-order chi connectivity index (χ1) is 8.97. The molecule has 0 saturated carbocycles. The lowest BCUT2D eigenvalue weighted by Gasteiger charge is -2.03. The lowest BCUT2D eigenvalue weighted by molar-refractivity contribution is -0.133. The number of imidazole rings is 1. The third kappa shape index (κ3) is 3.40. The number of hydrogen-bond acceptors (Lipinski definition) is 3. The van der Waals surface area contributed by atoms with Crippen molar-refractivity contribution in [1.29, 1.82) is 0 Å². The molecule has 4 nitrogen and oxygen atoms in total. The van der Waals surface area contributed by atoms with Crippen LogP contribution in [0.1, 0.15) is 0 Å².